The van der Waals surface area contributed by atoms with Crippen molar-refractivity contribution in [3.05, 3.63) is 53.6 Å². The first-order valence-corrected chi connectivity index (χ1v) is 7.99. The molecule has 128 valence electrons. The van der Waals surface area contributed by atoms with Crippen LogP contribution in [0.15, 0.2) is 47.5 Å². The number of guanidine groups is 1. The summed E-state index contributed by atoms with van der Waals surface area (Å²) >= 11 is 0. The van der Waals surface area contributed by atoms with Gasteiger partial charge in [0.2, 0.25) is 0 Å². The smallest absolute Gasteiger partial charge is 0.193 e. The molecule has 2 aromatic carbocycles. The van der Waals surface area contributed by atoms with Gasteiger partial charge in [-0.3, -0.25) is 4.99 Å². The predicted molar refractivity (Wildman–Crippen MR) is 99.1 cm³/mol. The molecule has 0 amide bonds. The van der Waals surface area contributed by atoms with Gasteiger partial charge in [0.1, 0.15) is 11.5 Å². The monoisotopic (exact) mass is 327 g/mol. The van der Waals surface area contributed by atoms with Gasteiger partial charge in [-0.05, 0) is 61.4 Å². The lowest BCUT2D eigenvalue weighted by molar-refractivity contribution is 0.313. The van der Waals surface area contributed by atoms with Crippen molar-refractivity contribution in [1.29, 1.82) is 0 Å². The maximum Gasteiger partial charge on any atom is 0.193 e. The fourth-order valence-electron chi connectivity index (χ4n) is 2.13. The van der Waals surface area contributed by atoms with Gasteiger partial charge < -0.3 is 20.5 Å². The number of rotatable bonds is 7. The summed E-state index contributed by atoms with van der Waals surface area (Å²) in [6.07, 6.45) is 0.793. The molecule has 0 bridgehead atoms. The van der Waals surface area contributed by atoms with Crippen LogP contribution in [0.1, 0.15) is 17.5 Å². The number of methoxy groups -OCH3 is 1. The average molecular weight is 327 g/mol. The highest BCUT2D eigenvalue weighted by Gasteiger charge is 1.98. The second-order valence-corrected chi connectivity index (χ2v) is 5.57. The van der Waals surface area contributed by atoms with Crippen molar-refractivity contribution in [2.45, 2.75) is 20.3 Å². The summed E-state index contributed by atoms with van der Waals surface area (Å²) in [5.74, 6) is 2.06. The van der Waals surface area contributed by atoms with Crippen molar-refractivity contribution in [2.75, 3.05) is 25.6 Å². The molecule has 0 atom stereocenters. The Kier molecular flexibility index (Phi) is 6.49. The molecule has 0 aliphatic heterocycles. The normalized spacial score (nSPS) is 11.2. The molecule has 0 heterocycles. The van der Waals surface area contributed by atoms with E-state index in [2.05, 4.69) is 36.3 Å². The highest BCUT2D eigenvalue weighted by molar-refractivity contribution is 5.92. The van der Waals surface area contributed by atoms with Gasteiger partial charge in [-0.15, -0.1) is 0 Å². The minimum absolute atomic E-state index is 0.419. The number of nitrogens with one attached hydrogen (secondary N) is 1. The maximum absolute atomic E-state index is 5.90. The molecule has 0 aromatic heterocycles. The number of aryl methyl sites for hydroxylation is 2. The van der Waals surface area contributed by atoms with Crippen LogP contribution in [0.4, 0.5) is 5.69 Å². The van der Waals surface area contributed by atoms with E-state index in [9.17, 15) is 0 Å². The zero-order chi connectivity index (χ0) is 17.4. The number of ether oxygens (including phenoxy) is 2. The van der Waals surface area contributed by atoms with Crippen LogP contribution in [0.2, 0.25) is 0 Å². The lowest BCUT2D eigenvalue weighted by atomic mass is 10.1. The third-order valence-electron chi connectivity index (χ3n) is 3.69. The van der Waals surface area contributed by atoms with Gasteiger partial charge in [0, 0.05) is 18.7 Å². The van der Waals surface area contributed by atoms with Crippen molar-refractivity contribution in [1.82, 2.24) is 0 Å². The van der Waals surface area contributed by atoms with E-state index < -0.39 is 0 Å². The summed E-state index contributed by atoms with van der Waals surface area (Å²) < 4.78 is 10.8. The van der Waals surface area contributed by atoms with E-state index in [0.29, 0.717) is 19.1 Å². The van der Waals surface area contributed by atoms with Crippen molar-refractivity contribution >= 4 is 11.6 Å². The van der Waals surface area contributed by atoms with E-state index in [1.807, 2.05) is 30.3 Å². The Labute approximate surface area is 143 Å². The SMILES string of the molecule is COc1ccc(OCCCN=C(N)Nc2ccc(C)c(C)c2)cc1. The molecule has 0 saturated heterocycles. The van der Waals surface area contributed by atoms with Gasteiger partial charge in [0.15, 0.2) is 5.96 Å². The second kappa shape index (κ2) is 8.82. The Morgan fingerprint density at radius 1 is 1.04 bits per heavy atom. The summed E-state index contributed by atoms with van der Waals surface area (Å²) in [7, 11) is 1.64. The van der Waals surface area contributed by atoms with Gasteiger partial charge in [0.05, 0.1) is 13.7 Å². The van der Waals surface area contributed by atoms with Crippen molar-refractivity contribution in [2.24, 2.45) is 10.7 Å². The molecule has 0 unspecified atom stereocenters. The third-order valence-corrected chi connectivity index (χ3v) is 3.69. The van der Waals surface area contributed by atoms with Crippen LogP contribution >= 0.6 is 0 Å². The molecule has 0 saturated carbocycles. The minimum atomic E-state index is 0.419. The summed E-state index contributed by atoms with van der Waals surface area (Å²) in [5.41, 5.74) is 9.34. The third kappa shape index (κ3) is 5.50. The number of nitrogens with two attached hydrogens (primary N) is 1. The molecule has 5 nitrogen and oxygen atoms in total. The molecular formula is C19H25N3O2. The fraction of sp³-hybridized carbons (Fsp3) is 0.316. The van der Waals surface area contributed by atoms with Crippen molar-refractivity contribution < 1.29 is 9.47 Å². The molecular weight excluding hydrogens is 302 g/mol. The van der Waals surface area contributed by atoms with E-state index in [-0.39, 0.29) is 0 Å². The van der Waals surface area contributed by atoms with E-state index >= 15 is 0 Å². The Morgan fingerprint density at radius 3 is 2.42 bits per heavy atom. The van der Waals surface area contributed by atoms with E-state index in [1.54, 1.807) is 7.11 Å². The Bertz CT molecular complexity index is 682. The van der Waals surface area contributed by atoms with Gasteiger partial charge in [-0.2, -0.15) is 0 Å². The topological polar surface area (TPSA) is 68.9 Å². The van der Waals surface area contributed by atoms with Gasteiger partial charge >= 0.3 is 0 Å². The van der Waals surface area contributed by atoms with Crippen LogP contribution in [-0.2, 0) is 0 Å². The summed E-state index contributed by atoms with van der Waals surface area (Å²) in [6.45, 7) is 5.36. The fourth-order valence-corrected chi connectivity index (χ4v) is 2.13. The predicted octanol–water partition coefficient (Wildman–Crippen LogP) is 3.51. The number of hydrogen-bond donors (Lipinski definition) is 2. The molecule has 0 aliphatic rings. The lowest BCUT2D eigenvalue weighted by Gasteiger charge is -2.08. The summed E-state index contributed by atoms with van der Waals surface area (Å²) in [6, 6.07) is 13.6. The number of nitrogens with zero attached hydrogens (tertiary/aromatic N) is 1. The molecule has 2 rings (SSSR count). The quantitative estimate of drug-likeness (QED) is 0.464. The van der Waals surface area contributed by atoms with Crippen LogP contribution in [0, 0.1) is 13.8 Å². The number of hydrogen-bond acceptors (Lipinski definition) is 3. The first kappa shape index (κ1) is 17.7. The zero-order valence-corrected chi connectivity index (χ0v) is 14.5. The Hall–Kier alpha value is -2.69. The van der Waals surface area contributed by atoms with Crippen molar-refractivity contribution in [3.63, 3.8) is 0 Å². The lowest BCUT2D eigenvalue weighted by Crippen LogP contribution is -2.23. The first-order valence-electron chi connectivity index (χ1n) is 7.99. The minimum Gasteiger partial charge on any atom is -0.497 e. The molecule has 5 heteroatoms. The first-order chi connectivity index (χ1) is 11.6. The Balaban J connectivity index is 1.71. The molecule has 0 spiro atoms. The number of aliphatic imine (C=N–C) groups is 1. The van der Waals surface area contributed by atoms with Gasteiger partial charge in [-0.1, -0.05) is 6.07 Å². The second-order valence-electron chi connectivity index (χ2n) is 5.57. The van der Waals surface area contributed by atoms with E-state index in [4.69, 9.17) is 15.2 Å². The summed E-state index contributed by atoms with van der Waals surface area (Å²) in [4.78, 5) is 4.31. The van der Waals surface area contributed by atoms with Gasteiger partial charge in [0.25, 0.3) is 0 Å². The average Bonchev–Trinajstić information content (AvgIpc) is 2.58. The Morgan fingerprint density at radius 2 is 1.75 bits per heavy atom. The standard InChI is InChI=1S/C19H25N3O2/c1-14-5-6-16(13-15(14)2)22-19(20)21-11-4-12-24-18-9-7-17(23-3)8-10-18/h5-10,13H,4,11-12H2,1-3H3,(H3,20,21,22). The highest BCUT2D eigenvalue weighted by atomic mass is 16.5. The molecule has 24 heavy (non-hydrogen) atoms. The molecule has 0 radical (unpaired) electrons. The van der Waals surface area contributed by atoms with E-state index in [1.165, 1.54) is 11.1 Å². The summed E-state index contributed by atoms with van der Waals surface area (Å²) in [5, 5.41) is 3.10. The largest absolute Gasteiger partial charge is 0.497 e. The molecule has 3 N–H and O–H groups in total. The highest BCUT2D eigenvalue weighted by Crippen LogP contribution is 2.17. The van der Waals surface area contributed by atoms with Crippen LogP contribution in [0.25, 0.3) is 0 Å². The molecule has 2 aromatic rings. The van der Waals surface area contributed by atoms with Crippen molar-refractivity contribution in [3.8, 4) is 11.5 Å². The van der Waals surface area contributed by atoms with Crippen LogP contribution in [-0.4, -0.2) is 26.2 Å². The molecule has 0 fully saturated rings. The number of anilines is 1. The van der Waals surface area contributed by atoms with Crippen LogP contribution in [0.5, 0.6) is 11.5 Å². The van der Waals surface area contributed by atoms with Crippen LogP contribution < -0.4 is 20.5 Å². The van der Waals surface area contributed by atoms with Crippen LogP contribution in [0.3, 0.4) is 0 Å². The maximum atomic E-state index is 5.90. The van der Waals surface area contributed by atoms with E-state index in [0.717, 1.165) is 23.6 Å². The van der Waals surface area contributed by atoms with Gasteiger partial charge in [-0.25, -0.2) is 0 Å². The zero-order valence-electron chi connectivity index (χ0n) is 14.5. The molecule has 0 aliphatic carbocycles. The number of benzene rings is 2.